The van der Waals surface area contributed by atoms with E-state index in [4.69, 9.17) is 4.74 Å². The third-order valence-corrected chi connectivity index (χ3v) is 2.34. The zero-order valence-corrected chi connectivity index (χ0v) is 11.2. The molecule has 0 N–H and O–H groups in total. The lowest BCUT2D eigenvalue weighted by Crippen LogP contribution is -1.99. The summed E-state index contributed by atoms with van der Waals surface area (Å²) in [5.41, 5.74) is 0. The van der Waals surface area contributed by atoms with Crippen LogP contribution in [0.25, 0.3) is 0 Å². The van der Waals surface area contributed by atoms with Crippen LogP contribution >= 0.6 is 0 Å². The van der Waals surface area contributed by atoms with Gasteiger partial charge in [-0.1, -0.05) is 37.3 Å². The molecule has 0 amide bonds. The number of hydrogen-bond acceptors (Lipinski definition) is 2. The van der Waals surface area contributed by atoms with Gasteiger partial charge in [0.1, 0.15) is 0 Å². The summed E-state index contributed by atoms with van der Waals surface area (Å²) in [7, 11) is 0. The number of carbonyl (C=O) groups is 1. The first kappa shape index (κ1) is 15.7. The topological polar surface area (TPSA) is 26.3 Å². The molecule has 0 bridgehead atoms. The highest BCUT2D eigenvalue weighted by atomic mass is 16.5. The molecule has 96 valence electrons. The molecule has 0 aliphatic rings. The Morgan fingerprint density at radius 1 is 1.29 bits per heavy atom. The van der Waals surface area contributed by atoms with Gasteiger partial charge in [-0.15, -0.1) is 0 Å². The lowest BCUT2D eigenvalue weighted by Gasteiger charge is -2.05. The molecule has 0 aromatic carbocycles. The van der Waals surface area contributed by atoms with E-state index in [2.05, 4.69) is 19.1 Å². The highest BCUT2D eigenvalue weighted by molar-refractivity contribution is 5.81. The van der Waals surface area contributed by atoms with Crippen molar-refractivity contribution in [3.8, 4) is 0 Å². The Labute approximate surface area is 105 Å². The van der Waals surface area contributed by atoms with E-state index in [1.54, 1.807) is 0 Å². The summed E-state index contributed by atoms with van der Waals surface area (Å²) in [6, 6.07) is 0. The highest BCUT2D eigenvalue weighted by Gasteiger charge is 1.98. The van der Waals surface area contributed by atoms with E-state index in [-0.39, 0.29) is 5.97 Å². The van der Waals surface area contributed by atoms with Gasteiger partial charge in [-0.25, -0.2) is 4.79 Å². The molecule has 0 aliphatic carbocycles. The molecular formula is C15H24O2. The van der Waals surface area contributed by atoms with Gasteiger partial charge >= 0.3 is 5.97 Å². The number of carbonyl (C=O) groups excluding carboxylic acids is 1. The Hall–Kier alpha value is -1.31. The Balaban J connectivity index is 3.63. The number of ether oxygens (including phenoxy) is 1. The molecule has 0 rings (SSSR count). The zero-order valence-electron chi connectivity index (χ0n) is 11.2. The Bertz CT molecular complexity index is 275. The lowest BCUT2D eigenvalue weighted by molar-refractivity contribution is -0.137. The minimum absolute atomic E-state index is 0.242. The second kappa shape index (κ2) is 11.2. The van der Waals surface area contributed by atoms with Crippen LogP contribution in [0.4, 0.5) is 0 Å². The van der Waals surface area contributed by atoms with Crippen LogP contribution in [0.3, 0.4) is 0 Å². The van der Waals surface area contributed by atoms with Crippen molar-refractivity contribution >= 4 is 5.97 Å². The smallest absolute Gasteiger partial charge is 0.330 e. The molecule has 0 saturated heterocycles. The summed E-state index contributed by atoms with van der Waals surface area (Å²) in [5.74, 6) is 0.400. The van der Waals surface area contributed by atoms with E-state index in [0.29, 0.717) is 12.5 Å². The second-order valence-corrected chi connectivity index (χ2v) is 4.03. The van der Waals surface area contributed by atoms with Gasteiger partial charge in [-0.3, -0.25) is 0 Å². The fraction of sp³-hybridized carbons (Fsp3) is 0.533. The largest absolute Gasteiger partial charge is 0.463 e. The summed E-state index contributed by atoms with van der Waals surface area (Å²) in [6.07, 6.45) is 14.8. The third kappa shape index (κ3) is 11.0. The van der Waals surface area contributed by atoms with Crippen molar-refractivity contribution in [2.45, 2.75) is 40.0 Å². The van der Waals surface area contributed by atoms with Gasteiger partial charge < -0.3 is 4.74 Å². The van der Waals surface area contributed by atoms with Crippen molar-refractivity contribution in [3.05, 3.63) is 36.5 Å². The van der Waals surface area contributed by atoms with Crippen LogP contribution < -0.4 is 0 Å². The monoisotopic (exact) mass is 237 g/mol. The quantitative estimate of drug-likeness (QED) is 0.275. The normalized spacial score (nSPS) is 13.8. The lowest BCUT2D eigenvalue weighted by atomic mass is 10.0. The van der Waals surface area contributed by atoms with Crippen LogP contribution in [0.5, 0.6) is 0 Å². The van der Waals surface area contributed by atoms with E-state index in [1.165, 1.54) is 6.08 Å². The Morgan fingerprint density at radius 3 is 2.71 bits per heavy atom. The highest BCUT2D eigenvalue weighted by Crippen LogP contribution is 2.11. The molecule has 0 spiro atoms. The van der Waals surface area contributed by atoms with Crippen molar-refractivity contribution in [2.24, 2.45) is 5.92 Å². The minimum Gasteiger partial charge on any atom is -0.463 e. The van der Waals surface area contributed by atoms with Gasteiger partial charge in [0.25, 0.3) is 0 Å². The summed E-state index contributed by atoms with van der Waals surface area (Å²) in [6.45, 7) is 6.48. The zero-order chi connectivity index (χ0) is 12.9. The van der Waals surface area contributed by atoms with Gasteiger partial charge in [-0.2, -0.15) is 0 Å². The molecule has 0 aromatic heterocycles. The first-order valence-corrected chi connectivity index (χ1v) is 6.31. The molecule has 0 radical (unpaired) electrons. The first-order chi connectivity index (χ1) is 8.20. The first-order valence-electron chi connectivity index (χ1n) is 6.31. The summed E-state index contributed by atoms with van der Waals surface area (Å²) in [5, 5.41) is 0. The van der Waals surface area contributed by atoms with Crippen molar-refractivity contribution in [1.29, 1.82) is 0 Å². The molecule has 0 fully saturated rings. The van der Waals surface area contributed by atoms with Crippen LogP contribution in [0.15, 0.2) is 36.5 Å². The molecule has 0 aliphatic heterocycles. The maximum absolute atomic E-state index is 11.0. The molecule has 1 atom stereocenters. The maximum atomic E-state index is 11.0. The predicted molar refractivity (Wildman–Crippen MR) is 72.7 cm³/mol. The third-order valence-electron chi connectivity index (χ3n) is 2.34. The van der Waals surface area contributed by atoms with E-state index in [9.17, 15) is 4.79 Å². The summed E-state index contributed by atoms with van der Waals surface area (Å²) < 4.78 is 4.80. The average Bonchev–Trinajstić information content (AvgIpc) is 2.31. The fourth-order valence-electron chi connectivity index (χ4n) is 1.37. The SMILES string of the molecule is CCOC(=O)/C=C\CC[C@@H](C)C/C=C/C=[13CH]/C. The van der Waals surface area contributed by atoms with Gasteiger partial charge in [0.15, 0.2) is 0 Å². The fourth-order valence-corrected chi connectivity index (χ4v) is 1.37. The van der Waals surface area contributed by atoms with Gasteiger partial charge in [0.2, 0.25) is 0 Å². The van der Waals surface area contributed by atoms with Crippen LogP contribution in [0.1, 0.15) is 40.0 Å². The summed E-state index contributed by atoms with van der Waals surface area (Å²) >= 11 is 0. The van der Waals surface area contributed by atoms with E-state index >= 15 is 0 Å². The van der Waals surface area contributed by atoms with Crippen molar-refractivity contribution in [2.75, 3.05) is 6.61 Å². The van der Waals surface area contributed by atoms with Crippen molar-refractivity contribution in [3.63, 3.8) is 0 Å². The second-order valence-electron chi connectivity index (χ2n) is 4.03. The minimum atomic E-state index is -0.242. The predicted octanol–water partition coefficient (Wildman–Crippen LogP) is 4.04. The van der Waals surface area contributed by atoms with E-state index in [0.717, 1.165) is 19.3 Å². The maximum Gasteiger partial charge on any atom is 0.330 e. The number of allylic oxidation sites excluding steroid dienone is 5. The molecule has 0 heterocycles. The summed E-state index contributed by atoms with van der Waals surface area (Å²) in [4.78, 5) is 11.0. The van der Waals surface area contributed by atoms with Crippen LogP contribution in [0, 0.1) is 5.92 Å². The van der Waals surface area contributed by atoms with Gasteiger partial charge in [0.05, 0.1) is 6.61 Å². The van der Waals surface area contributed by atoms with Gasteiger partial charge in [0, 0.05) is 6.08 Å². The number of esters is 1. The number of rotatable bonds is 8. The molecular weight excluding hydrogens is 213 g/mol. The Morgan fingerprint density at radius 2 is 2.06 bits per heavy atom. The van der Waals surface area contributed by atoms with E-state index < -0.39 is 0 Å². The van der Waals surface area contributed by atoms with Crippen LogP contribution in [0.2, 0.25) is 0 Å². The van der Waals surface area contributed by atoms with Crippen LogP contribution in [-0.4, -0.2) is 12.6 Å². The van der Waals surface area contributed by atoms with Crippen molar-refractivity contribution < 1.29 is 9.53 Å². The molecule has 0 unspecified atom stereocenters. The van der Waals surface area contributed by atoms with Crippen molar-refractivity contribution in [1.82, 2.24) is 0 Å². The number of hydrogen-bond donors (Lipinski definition) is 0. The molecule has 0 aromatic rings. The molecule has 17 heavy (non-hydrogen) atoms. The van der Waals surface area contributed by atoms with E-state index in [1.807, 2.05) is 32.1 Å². The Kier molecular flexibility index (Phi) is 10.3. The van der Waals surface area contributed by atoms with Gasteiger partial charge in [-0.05, 0) is 39.0 Å². The molecule has 2 heteroatoms. The standard InChI is InChI=1S/C15H24O2/c1-4-6-7-8-11-14(3)12-9-10-13-15(16)17-5-2/h4,6-8,10,13-14H,5,9,11-12H2,1-3H3/b6-4+,8-7+,13-10-/t14-/m0/s1/i4+1. The molecule has 0 saturated carbocycles. The average molecular weight is 237 g/mol. The van der Waals surface area contributed by atoms with Crippen LogP contribution in [-0.2, 0) is 9.53 Å². The molecule has 2 nitrogen and oxygen atoms in total.